The van der Waals surface area contributed by atoms with E-state index in [1.54, 1.807) is 18.3 Å². The minimum Gasteiger partial charge on any atom is -0.292 e. The lowest BCUT2D eigenvalue weighted by Gasteiger charge is -1.98. The van der Waals surface area contributed by atoms with E-state index in [2.05, 4.69) is 27.5 Å². The van der Waals surface area contributed by atoms with E-state index in [0.29, 0.717) is 12.1 Å². The zero-order valence-electron chi connectivity index (χ0n) is 7.38. The molecular weight excluding hydrogens is 230 g/mol. The number of allylic oxidation sites excluding steroid dienone is 1. The van der Waals surface area contributed by atoms with Crippen LogP contribution in [0.1, 0.15) is 23.8 Å². The van der Waals surface area contributed by atoms with Crippen molar-refractivity contribution in [3.05, 3.63) is 40.6 Å². The van der Waals surface area contributed by atoms with E-state index in [1.807, 2.05) is 6.92 Å². The van der Waals surface area contributed by atoms with E-state index in [9.17, 15) is 4.79 Å². The summed E-state index contributed by atoms with van der Waals surface area (Å²) in [5, 5.41) is 0. The highest BCUT2D eigenvalue weighted by Gasteiger charge is 2.06. The van der Waals surface area contributed by atoms with Crippen LogP contribution < -0.4 is 0 Å². The molecule has 1 heterocycles. The maximum Gasteiger partial charge on any atom is 0.185 e. The highest BCUT2D eigenvalue weighted by Crippen LogP contribution is 2.10. The average Bonchev–Trinajstić information content (AvgIpc) is 2.04. The van der Waals surface area contributed by atoms with Gasteiger partial charge in [0.05, 0.1) is 0 Å². The number of carbonyl (C=O) groups is 1. The molecule has 0 bridgehead atoms. The number of hydrogen-bond donors (Lipinski definition) is 0. The first-order valence-electron chi connectivity index (χ1n) is 3.88. The minimum atomic E-state index is 0.0139. The van der Waals surface area contributed by atoms with Gasteiger partial charge in [0, 0.05) is 17.1 Å². The predicted octanol–water partition coefficient (Wildman–Crippen LogP) is 2.99. The SMILES string of the molecule is C=C(C)CC(=O)c1ccc(Br)cn1. The van der Waals surface area contributed by atoms with Crippen molar-refractivity contribution in [2.45, 2.75) is 13.3 Å². The van der Waals surface area contributed by atoms with Gasteiger partial charge in [-0.15, -0.1) is 0 Å². The summed E-state index contributed by atoms with van der Waals surface area (Å²) in [6.45, 7) is 5.51. The van der Waals surface area contributed by atoms with Crippen molar-refractivity contribution < 1.29 is 4.79 Å². The number of hydrogen-bond acceptors (Lipinski definition) is 2. The molecule has 0 fully saturated rings. The number of carbonyl (C=O) groups excluding carboxylic acids is 1. The predicted molar refractivity (Wildman–Crippen MR) is 55.7 cm³/mol. The second-order valence-electron chi connectivity index (χ2n) is 2.92. The lowest BCUT2D eigenvalue weighted by atomic mass is 10.1. The monoisotopic (exact) mass is 239 g/mol. The van der Waals surface area contributed by atoms with Crippen LogP contribution in [0.3, 0.4) is 0 Å². The molecule has 1 rings (SSSR count). The summed E-state index contributed by atoms with van der Waals surface area (Å²) < 4.78 is 0.874. The van der Waals surface area contributed by atoms with Gasteiger partial charge in [0.1, 0.15) is 5.69 Å². The van der Waals surface area contributed by atoms with Gasteiger partial charge in [0.2, 0.25) is 0 Å². The van der Waals surface area contributed by atoms with Crippen LogP contribution in [-0.4, -0.2) is 10.8 Å². The molecule has 0 N–H and O–H groups in total. The lowest BCUT2D eigenvalue weighted by molar-refractivity contribution is 0.0988. The van der Waals surface area contributed by atoms with Crippen molar-refractivity contribution in [3.8, 4) is 0 Å². The molecule has 13 heavy (non-hydrogen) atoms. The van der Waals surface area contributed by atoms with E-state index >= 15 is 0 Å². The van der Waals surface area contributed by atoms with Gasteiger partial charge in [-0.3, -0.25) is 9.78 Å². The molecule has 0 unspecified atom stereocenters. The molecule has 3 heteroatoms. The fraction of sp³-hybridized carbons (Fsp3) is 0.200. The number of nitrogens with zero attached hydrogens (tertiary/aromatic N) is 1. The van der Waals surface area contributed by atoms with Crippen LogP contribution in [0.4, 0.5) is 0 Å². The van der Waals surface area contributed by atoms with Gasteiger partial charge in [-0.1, -0.05) is 12.2 Å². The molecule has 0 aliphatic rings. The van der Waals surface area contributed by atoms with Crippen molar-refractivity contribution in [3.63, 3.8) is 0 Å². The number of pyridine rings is 1. The molecule has 0 amide bonds. The van der Waals surface area contributed by atoms with Crippen LogP contribution in [0, 0.1) is 0 Å². The van der Waals surface area contributed by atoms with Gasteiger partial charge >= 0.3 is 0 Å². The number of aromatic nitrogens is 1. The first kappa shape index (κ1) is 10.1. The second kappa shape index (κ2) is 4.33. The van der Waals surface area contributed by atoms with Crippen molar-refractivity contribution in [1.82, 2.24) is 4.98 Å². The molecule has 0 spiro atoms. The molecule has 68 valence electrons. The Bertz CT molecular complexity index is 329. The van der Waals surface area contributed by atoms with Gasteiger partial charge in [-0.25, -0.2) is 0 Å². The van der Waals surface area contributed by atoms with Crippen LogP contribution in [0.2, 0.25) is 0 Å². The molecule has 0 aromatic carbocycles. The first-order valence-corrected chi connectivity index (χ1v) is 4.68. The number of rotatable bonds is 3. The van der Waals surface area contributed by atoms with Crippen LogP contribution >= 0.6 is 15.9 Å². The summed E-state index contributed by atoms with van der Waals surface area (Å²) in [6, 6.07) is 3.51. The highest BCUT2D eigenvalue weighted by molar-refractivity contribution is 9.10. The Morgan fingerprint density at radius 2 is 2.31 bits per heavy atom. The fourth-order valence-corrected chi connectivity index (χ4v) is 1.14. The third-order valence-corrected chi connectivity index (χ3v) is 1.94. The van der Waals surface area contributed by atoms with Gasteiger partial charge in [-0.05, 0) is 35.0 Å². The summed E-state index contributed by atoms with van der Waals surface area (Å²) in [4.78, 5) is 15.4. The second-order valence-corrected chi connectivity index (χ2v) is 3.83. The van der Waals surface area contributed by atoms with E-state index in [0.717, 1.165) is 10.0 Å². The summed E-state index contributed by atoms with van der Waals surface area (Å²) >= 11 is 3.25. The van der Waals surface area contributed by atoms with Crippen molar-refractivity contribution in [1.29, 1.82) is 0 Å². The Balaban J connectivity index is 2.78. The van der Waals surface area contributed by atoms with Crippen LogP contribution in [0.5, 0.6) is 0 Å². The maximum atomic E-state index is 11.4. The third kappa shape index (κ3) is 3.11. The summed E-state index contributed by atoms with van der Waals surface area (Å²) in [5.41, 5.74) is 1.35. The number of Topliss-reactive ketones (excluding diaryl/α,β-unsaturated/α-hetero) is 1. The normalized spacial score (nSPS) is 9.69. The standard InChI is InChI=1S/C10H10BrNO/c1-7(2)5-10(13)9-4-3-8(11)6-12-9/h3-4,6H,1,5H2,2H3. The topological polar surface area (TPSA) is 30.0 Å². The maximum absolute atomic E-state index is 11.4. The Morgan fingerprint density at radius 1 is 1.62 bits per heavy atom. The highest BCUT2D eigenvalue weighted by atomic mass is 79.9. The van der Waals surface area contributed by atoms with Crippen LogP contribution in [0.25, 0.3) is 0 Å². The summed E-state index contributed by atoms with van der Waals surface area (Å²) in [7, 11) is 0. The largest absolute Gasteiger partial charge is 0.292 e. The lowest BCUT2D eigenvalue weighted by Crippen LogP contribution is -2.01. The van der Waals surface area contributed by atoms with Gasteiger partial charge < -0.3 is 0 Å². The molecule has 2 nitrogen and oxygen atoms in total. The van der Waals surface area contributed by atoms with E-state index in [1.165, 1.54) is 0 Å². The van der Waals surface area contributed by atoms with Crippen molar-refractivity contribution in [2.24, 2.45) is 0 Å². The molecule has 1 aromatic rings. The van der Waals surface area contributed by atoms with Crippen LogP contribution in [-0.2, 0) is 0 Å². The van der Waals surface area contributed by atoms with Gasteiger partial charge in [0.25, 0.3) is 0 Å². The van der Waals surface area contributed by atoms with E-state index in [-0.39, 0.29) is 5.78 Å². The number of ketones is 1. The van der Waals surface area contributed by atoms with Crippen LogP contribution in [0.15, 0.2) is 35.0 Å². The smallest absolute Gasteiger partial charge is 0.185 e. The fourth-order valence-electron chi connectivity index (χ4n) is 0.905. The minimum absolute atomic E-state index is 0.0139. The third-order valence-electron chi connectivity index (χ3n) is 1.48. The van der Waals surface area contributed by atoms with Gasteiger partial charge in [-0.2, -0.15) is 0 Å². The van der Waals surface area contributed by atoms with Crippen molar-refractivity contribution in [2.75, 3.05) is 0 Å². The molecular formula is C10H10BrNO. The Labute approximate surface area is 85.8 Å². The summed E-state index contributed by atoms with van der Waals surface area (Å²) in [5.74, 6) is 0.0139. The molecule has 1 aromatic heterocycles. The average molecular weight is 240 g/mol. The molecule has 0 aliphatic carbocycles. The molecule has 0 radical (unpaired) electrons. The molecule has 0 saturated carbocycles. The molecule has 0 atom stereocenters. The quantitative estimate of drug-likeness (QED) is 0.600. The molecule has 0 saturated heterocycles. The Morgan fingerprint density at radius 3 is 2.77 bits per heavy atom. The zero-order chi connectivity index (χ0) is 9.84. The Hall–Kier alpha value is -0.960. The van der Waals surface area contributed by atoms with Crippen molar-refractivity contribution >= 4 is 21.7 Å². The molecule has 0 aliphatic heterocycles. The summed E-state index contributed by atoms with van der Waals surface area (Å²) in [6.07, 6.45) is 1.99. The van der Waals surface area contributed by atoms with E-state index < -0.39 is 0 Å². The van der Waals surface area contributed by atoms with E-state index in [4.69, 9.17) is 0 Å². The Kier molecular flexibility index (Phi) is 3.37. The number of halogens is 1. The first-order chi connectivity index (χ1) is 6.09. The zero-order valence-corrected chi connectivity index (χ0v) is 8.97. The van der Waals surface area contributed by atoms with Gasteiger partial charge in [0.15, 0.2) is 5.78 Å².